The van der Waals surface area contributed by atoms with Crippen molar-refractivity contribution in [3.8, 4) is 16.5 Å². The van der Waals surface area contributed by atoms with E-state index in [-0.39, 0.29) is 12.0 Å². The molecule has 0 saturated carbocycles. The van der Waals surface area contributed by atoms with Crippen LogP contribution in [0.2, 0.25) is 0 Å². The van der Waals surface area contributed by atoms with Gasteiger partial charge < -0.3 is 15.0 Å². The average molecular weight is 447 g/mol. The molecule has 9 heteroatoms. The Bertz CT molecular complexity index is 1220. The summed E-state index contributed by atoms with van der Waals surface area (Å²) in [6.45, 7) is 2.09. The van der Waals surface area contributed by atoms with Crippen LogP contribution in [0.3, 0.4) is 0 Å². The van der Waals surface area contributed by atoms with E-state index in [1.54, 1.807) is 30.0 Å². The van der Waals surface area contributed by atoms with Crippen molar-refractivity contribution in [2.24, 2.45) is 0 Å². The van der Waals surface area contributed by atoms with Crippen molar-refractivity contribution in [1.82, 2.24) is 25.1 Å². The van der Waals surface area contributed by atoms with E-state index in [1.807, 2.05) is 24.3 Å². The Morgan fingerprint density at radius 3 is 2.62 bits per heavy atom. The minimum Gasteiger partial charge on any atom is -0.490 e. The molecule has 0 spiro atoms. The Balaban J connectivity index is 1.26. The monoisotopic (exact) mass is 446 g/mol. The summed E-state index contributed by atoms with van der Waals surface area (Å²) in [5, 5.41) is 13.3. The average Bonchev–Trinajstić information content (AvgIpc) is 3.36. The smallest absolute Gasteiger partial charge is 0.256 e. The molecule has 1 aliphatic heterocycles. The number of likely N-dealkylation sites (tertiary alicyclic amines) is 1. The highest BCUT2D eigenvalue weighted by Crippen LogP contribution is 2.24. The van der Waals surface area contributed by atoms with Crippen LogP contribution < -0.4 is 10.1 Å². The van der Waals surface area contributed by atoms with Crippen LogP contribution in [0, 0.1) is 0 Å². The van der Waals surface area contributed by atoms with Gasteiger partial charge in [0.15, 0.2) is 5.01 Å². The molecular formula is C23H22N6O2S. The van der Waals surface area contributed by atoms with Gasteiger partial charge in [0.05, 0.1) is 0 Å². The molecule has 3 aromatic heterocycles. The molecule has 4 aromatic rings. The fourth-order valence-electron chi connectivity index (χ4n) is 3.68. The Kier molecular flexibility index (Phi) is 5.74. The van der Waals surface area contributed by atoms with E-state index in [2.05, 4.69) is 37.4 Å². The number of pyridine rings is 2. The number of aromatic nitrogens is 4. The quantitative estimate of drug-likeness (QED) is 0.497. The number of fused-ring (bicyclic) bond motifs is 1. The van der Waals surface area contributed by atoms with Crippen LogP contribution >= 0.6 is 11.3 Å². The number of rotatable bonds is 5. The number of hydrogen-bond acceptors (Lipinski definition) is 8. The highest BCUT2D eigenvalue weighted by Gasteiger charge is 2.18. The first-order chi connectivity index (χ1) is 15.6. The molecule has 5 rings (SSSR count). The van der Waals surface area contributed by atoms with Gasteiger partial charge in [0.25, 0.3) is 5.91 Å². The van der Waals surface area contributed by atoms with E-state index in [0.717, 1.165) is 53.2 Å². The summed E-state index contributed by atoms with van der Waals surface area (Å²) < 4.78 is 6.06. The second-order valence-electron chi connectivity index (χ2n) is 7.83. The number of piperidine rings is 1. The van der Waals surface area contributed by atoms with Gasteiger partial charge in [0.1, 0.15) is 28.9 Å². The molecule has 0 aliphatic carbocycles. The van der Waals surface area contributed by atoms with Gasteiger partial charge >= 0.3 is 0 Å². The van der Waals surface area contributed by atoms with Crippen LogP contribution in [0.1, 0.15) is 23.2 Å². The molecule has 1 saturated heterocycles. The summed E-state index contributed by atoms with van der Waals surface area (Å²) in [5.41, 5.74) is 2.96. The first-order valence-corrected chi connectivity index (χ1v) is 11.3. The lowest BCUT2D eigenvalue weighted by Gasteiger charge is -2.29. The van der Waals surface area contributed by atoms with Crippen molar-refractivity contribution in [2.75, 3.05) is 25.5 Å². The summed E-state index contributed by atoms with van der Waals surface area (Å²) >= 11 is 1.43. The Morgan fingerprint density at radius 2 is 1.88 bits per heavy atom. The van der Waals surface area contributed by atoms with Gasteiger partial charge in [-0.25, -0.2) is 4.98 Å². The van der Waals surface area contributed by atoms with Crippen LogP contribution in [0.25, 0.3) is 21.5 Å². The van der Waals surface area contributed by atoms with Gasteiger partial charge in [-0.1, -0.05) is 11.3 Å². The Morgan fingerprint density at radius 1 is 1.09 bits per heavy atom. The highest BCUT2D eigenvalue weighted by molar-refractivity contribution is 7.12. The van der Waals surface area contributed by atoms with E-state index in [4.69, 9.17) is 4.74 Å². The van der Waals surface area contributed by atoms with Crippen molar-refractivity contribution >= 4 is 33.8 Å². The predicted molar refractivity (Wildman–Crippen MR) is 124 cm³/mol. The fourth-order valence-corrected chi connectivity index (χ4v) is 4.20. The Hall–Kier alpha value is -3.43. The second-order valence-corrected chi connectivity index (χ2v) is 8.66. The van der Waals surface area contributed by atoms with E-state index >= 15 is 0 Å². The van der Waals surface area contributed by atoms with Gasteiger partial charge in [0, 0.05) is 36.4 Å². The van der Waals surface area contributed by atoms with Crippen LogP contribution in [0.15, 0.2) is 54.3 Å². The molecule has 0 bridgehead atoms. The SMILES string of the molecule is CN1CCC(Oc2ccc(C(=O)Nc3cc4cc(-c5nncs5)ncc4cn3)cc2)CC1. The topological polar surface area (TPSA) is 93.1 Å². The molecule has 0 radical (unpaired) electrons. The third kappa shape index (κ3) is 4.58. The number of carbonyl (C=O) groups excluding carboxylic acids is 1. The normalized spacial score (nSPS) is 15.0. The molecule has 1 aliphatic rings. The van der Waals surface area contributed by atoms with Crippen LogP contribution in [-0.2, 0) is 0 Å². The van der Waals surface area contributed by atoms with Crippen molar-refractivity contribution in [2.45, 2.75) is 18.9 Å². The lowest BCUT2D eigenvalue weighted by molar-refractivity contribution is 0.102. The lowest BCUT2D eigenvalue weighted by atomic mass is 10.1. The molecule has 0 atom stereocenters. The minimum atomic E-state index is -0.221. The van der Waals surface area contributed by atoms with Crippen LogP contribution in [0.4, 0.5) is 5.82 Å². The summed E-state index contributed by atoms with van der Waals surface area (Å²) in [4.78, 5) is 23.8. The first-order valence-electron chi connectivity index (χ1n) is 10.4. The van der Waals surface area contributed by atoms with E-state index < -0.39 is 0 Å². The summed E-state index contributed by atoms with van der Waals surface area (Å²) in [6.07, 6.45) is 5.70. The maximum absolute atomic E-state index is 12.7. The summed E-state index contributed by atoms with van der Waals surface area (Å²) in [7, 11) is 2.13. The Labute approximate surface area is 189 Å². The zero-order chi connectivity index (χ0) is 21.9. The van der Waals surface area contributed by atoms with Gasteiger partial charge in [-0.2, -0.15) is 0 Å². The molecule has 1 fully saturated rings. The number of nitrogens with zero attached hydrogens (tertiary/aromatic N) is 5. The van der Waals surface area contributed by atoms with Crippen molar-refractivity contribution in [3.63, 3.8) is 0 Å². The zero-order valence-corrected chi connectivity index (χ0v) is 18.4. The summed E-state index contributed by atoms with van der Waals surface area (Å²) in [6, 6.07) is 11.0. The number of hydrogen-bond donors (Lipinski definition) is 1. The largest absolute Gasteiger partial charge is 0.490 e. The molecule has 1 N–H and O–H groups in total. The van der Waals surface area contributed by atoms with Gasteiger partial charge in [-0.05, 0) is 61.7 Å². The third-order valence-electron chi connectivity index (χ3n) is 5.51. The molecule has 162 valence electrons. The maximum Gasteiger partial charge on any atom is 0.256 e. The van der Waals surface area contributed by atoms with E-state index in [1.165, 1.54) is 11.3 Å². The van der Waals surface area contributed by atoms with Gasteiger partial charge in [-0.15, -0.1) is 10.2 Å². The third-order valence-corrected chi connectivity index (χ3v) is 6.22. The van der Waals surface area contributed by atoms with E-state index in [0.29, 0.717) is 11.4 Å². The predicted octanol–water partition coefficient (Wildman–Crippen LogP) is 3.87. The standard InChI is InChI=1S/C23H22N6O2S/c1-29-8-6-19(7-9-29)31-18-4-2-15(3-5-18)22(30)27-21-11-16-10-20(23-28-26-14-32-23)24-12-17(16)13-25-21/h2-5,10-14,19H,6-9H2,1H3,(H,25,27,30). The van der Waals surface area contributed by atoms with Crippen molar-refractivity contribution in [3.05, 3.63) is 59.9 Å². The fraction of sp³-hybridized carbons (Fsp3) is 0.261. The lowest BCUT2D eigenvalue weighted by Crippen LogP contribution is -2.35. The van der Waals surface area contributed by atoms with Gasteiger partial charge in [0.2, 0.25) is 0 Å². The molecule has 0 unspecified atom stereocenters. The molecule has 32 heavy (non-hydrogen) atoms. The second kappa shape index (κ2) is 8.97. The van der Waals surface area contributed by atoms with Crippen LogP contribution in [0.5, 0.6) is 5.75 Å². The number of ether oxygens (including phenoxy) is 1. The maximum atomic E-state index is 12.7. The summed E-state index contributed by atoms with van der Waals surface area (Å²) in [5.74, 6) is 1.04. The van der Waals surface area contributed by atoms with Crippen LogP contribution in [-0.4, -0.2) is 57.2 Å². The first kappa shape index (κ1) is 20.5. The van der Waals surface area contributed by atoms with Crippen molar-refractivity contribution in [1.29, 1.82) is 0 Å². The number of benzene rings is 1. The number of carbonyl (C=O) groups is 1. The highest BCUT2D eigenvalue weighted by atomic mass is 32.1. The molecule has 1 aromatic carbocycles. The number of amides is 1. The number of nitrogens with one attached hydrogen (secondary N) is 1. The van der Waals surface area contributed by atoms with E-state index in [9.17, 15) is 4.79 Å². The minimum absolute atomic E-state index is 0.221. The van der Waals surface area contributed by atoms with Crippen molar-refractivity contribution < 1.29 is 9.53 Å². The molecule has 8 nitrogen and oxygen atoms in total. The molecule has 1 amide bonds. The number of anilines is 1. The van der Waals surface area contributed by atoms with Gasteiger partial charge in [-0.3, -0.25) is 9.78 Å². The molecule has 4 heterocycles. The zero-order valence-electron chi connectivity index (χ0n) is 17.6. The molecular weight excluding hydrogens is 424 g/mol.